The molecule has 2 N–H and O–H groups in total. The largest absolute Gasteiger partial charge is 0.319 e. The predicted molar refractivity (Wildman–Crippen MR) is 80.1 cm³/mol. The molecule has 0 saturated carbocycles. The smallest absolute Gasteiger partial charge is 0.266 e. The van der Waals surface area contributed by atoms with Crippen molar-refractivity contribution in [3.05, 3.63) is 68.9 Å². The van der Waals surface area contributed by atoms with Crippen LogP contribution in [0.4, 0.5) is 0 Å². The van der Waals surface area contributed by atoms with Crippen molar-refractivity contribution in [1.29, 1.82) is 0 Å². The average molecular weight is 307 g/mol. The highest BCUT2D eigenvalue weighted by Crippen LogP contribution is 2.32. The van der Waals surface area contributed by atoms with E-state index in [2.05, 4.69) is 9.97 Å². The minimum absolute atomic E-state index is 0.0312. The van der Waals surface area contributed by atoms with Crippen LogP contribution in [0.3, 0.4) is 0 Å². The molecule has 0 spiro atoms. The second-order valence-corrected chi connectivity index (χ2v) is 5.69. The molecule has 1 aromatic rings. The number of nitrogens with two attached hydrogens (primary N) is 1. The summed E-state index contributed by atoms with van der Waals surface area (Å²) in [5, 5.41) is 11.2. The molecule has 1 aromatic heterocycles. The van der Waals surface area contributed by atoms with E-state index in [9.17, 15) is 10.1 Å². The first-order valence-electron chi connectivity index (χ1n) is 6.30. The molecule has 0 amide bonds. The summed E-state index contributed by atoms with van der Waals surface area (Å²) in [5.41, 5.74) is 6.85. The van der Waals surface area contributed by atoms with E-state index in [-0.39, 0.29) is 10.9 Å². The molecule has 2 rings (SSSR count). The highest BCUT2D eigenvalue weighted by Gasteiger charge is 2.24. The first kappa shape index (κ1) is 15.3. The van der Waals surface area contributed by atoms with Crippen molar-refractivity contribution >= 4 is 11.6 Å². The zero-order valence-electron chi connectivity index (χ0n) is 11.7. The molecular formula is C14H15ClN4O2. The number of nitrogens with zero attached hydrogens (tertiary/aromatic N) is 3. The fraction of sp³-hybridized carbons (Fsp3) is 0.286. The average Bonchev–Trinajstić information content (AvgIpc) is 2.57. The maximum absolute atomic E-state index is 11.0. The van der Waals surface area contributed by atoms with Gasteiger partial charge in [-0.2, -0.15) is 0 Å². The Morgan fingerprint density at radius 1 is 1.29 bits per heavy atom. The summed E-state index contributed by atoms with van der Waals surface area (Å²) in [4.78, 5) is 18.7. The van der Waals surface area contributed by atoms with Crippen LogP contribution in [-0.4, -0.2) is 14.9 Å². The number of hydrogen-bond donors (Lipinski definition) is 1. The van der Waals surface area contributed by atoms with Crippen LogP contribution >= 0.6 is 11.6 Å². The van der Waals surface area contributed by atoms with Crippen molar-refractivity contribution in [1.82, 2.24) is 9.97 Å². The SMILES string of the molecule is CC1(C)C=C(C(N)c2nccnc2Cl)C=CC([N+](=O)[O-])=C1. The van der Waals surface area contributed by atoms with Crippen molar-refractivity contribution in [2.24, 2.45) is 11.1 Å². The molecule has 6 nitrogen and oxygen atoms in total. The molecule has 1 unspecified atom stereocenters. The molecular weight excluding hydrogens is 292 g/mol. The maximum atomic E-state index is 11.0. The normalized spacial score (nSPS) is 18.5. The molecule has 7 heteroatoms. The Morgan fingerprint density at radius 2 is 1.95 bits per heavy atom. The lowest BCUT2D eigenvalue weighted by molar-refractivity contribution is -0.419. The van der Waals surface area contributed by atoms with Gasteiger partial charge in [-0.1, -0.05) is 37.6 Å². The van der Waals surface area contributed by atoms with Gasteiger partial charge in [-0.25, -0.2) is 4.98 Å². The Hall–Kier alpha value is -2.05. The summed E-state index contributed by atoms with van der Waals surface area (Å²) >= 11 is 6.00. The van der Waals surface area contributed by atoms with Crippen LogP contribution in [-0.2, 0) is 0 Å². The highest BCUT2D eigenvalue weighted by molar-refractivity contribution is 6.30. The van der Waals surface area contributed by atoms with Crippen molar-refractivity contribution in [2.75, 3.05) is 0 Å². The fourth-order valence-electron chi connectivity index (χ4n) is 2.14. The molecule has 0 radical (unpaired) electrons. The van der Waals surface area contributed by atoms with Crippen LogP contribution < -0.4 is 5.73 Å². The summed E-state index contributed by atoms with van der Waals surface area (Å²) in [6.45, 7) is 3.74. The van der Waals surface area contributed by atoms with E-state index in [1.54, 1.807) is 12.2 Å². The second kappa shape index (κ2) is 5.75. The molecule has 21 heavy (non-hydrogen) atoms. The monoisotopic (exact) mass is 306 g/mol. The van der Waals surface area contributed by atoms with Gasteiger partial charge >= 0.3 is 0 Å². The van der Waals surface area contributed by atoms with E-state index >= 15 is 0 Å². The van der Waals surface area contributed by atoms with Gasteiger partial charge in [0.05, 0.1) is 16.7 Å². The molecule has 1 heterocycles. The summed E-state index contributed by atoms with van der Waals surface area (Å²) in [6.07, 6.45) is 9.50. The van der Waals surface area contributed by atoms with Gasteiger partial charge in [-0.15, -0.1) is 0 Å². The maximum Gasteiger partial charge on any atom is 0.266 e. The molecule has 0 aromatic carbocycles. The Balaban J connectivity index is 2.41. The molecule has 0 bridgehead atoms. The van der Waals surface area contributed by atoms with E-state index < -0.39 is 16.4 Å². The van der Waals surface area contributed by atoms with Crippen molar-refractivity contribution in [3.63, 3.8) is 0 Å². The standard InChI is InChI=1S/C14H15ClN4O2/c1-14(2)7-9(3-4-10(8-14)19(20)21)11(16)12-13(15)18-6-5-17-12/h3-8,11H,16H2,1-2H3. The summed E-state index contributed by atoms with van der Waals surface area (Å²) in [6, 6.07) is -0.596. The van der Waals surface area contributed by atoms with Crippen LogP contribution in [0.5, 0.6) is 0 Å². The number of hydrogen-bond acceptors (Lipinski definition) is 5. The molecule has 1 aliphatic rings. The molecule has 1 aliphatic carbocycles. The molecule has 0 saturated heterocycles. The van der Waals surface area contributed by atoms with Gasteiger partial charge in [0.25, 0.3) is 5.70 Å². The minimum atomic E-state index is -0.596. The first-order valence-corrected chi connectivity index (χ1v) is 6.68. The number of halogens is 1. The topological polar surface area (TPSA) is 94.9 Å². The van der Waals surface area contributed by atoms with Gasteiger partial charge in [0.2, 0.25) is 0 Å². The quantitative estimate of drug-likeness (QED) is 0.684. The van der Waals surface area contributed by atoms with Gasteiger partial charge < -0.3 is 5.73 Å². The van der Waals surface area contributed by atoms with Crippen LogP contribution in [0.15, 0.2) is 48.0 Å². The number of rotatable bonds is 3. The second-order valence-electron chi connectivity index (χ2n) is 5.34. The summed E-state index contributed by atoms with van der Waals surface area (Å²) < 4.78 is 0. The fourth-order valence-corrected chi connectivity index (χ4v) is 2.36. The van der Waals surface area contributed by atoms with Gasteiger partial charge in [-0.3, -0.25) is 15.1 Å². The highest BCUT2D eigenvalue weighted by atomic mass is 35.5. The van der Waals surface area contributed by atoms with Crippen LogP contribution in [0.25, 0.3) is 0 Å². The van der Waals surface area contributed by atoms with Crippen molar-refractivity contribution < 1.29 is 4.92 Å². The third-order valence-corrected chi connectivity index (χ3v) is 3.34. The van der Waals surface area contributed by atoms with Gasteiger partial charge in [0.1, 0.15) is 0 Å². The summed E-state index contributed by atoms with van der Waals surface area (Å²) in [7, 11) is 0. The van der Waals surface area contributed by atoms with Crippen LogP contribution in [0.1, 0.15) is 25.6 Å². The summed E-state index contributed by atoms with van der Waals surface area (Å²) in [5.74, 6) is 0. The van der Waals surface area contributed by atoms with Gasteiger partial charge in [0.15, 0.2) is 5.15 Å². The molecule has 0 fully saturated rings. The van der Waals surface area contributed by atoms with Gasteiger partial charge in [0, 0.05) is 30.0 Å². The number of allylic oxidation sites excluding steroid dienone is 3. The lowest BCUT2D eigenvalue weighted by Gasteiger charge is -2.18. The Morgan fingerprint density at radius 3 is 2.57 bits per heavy atom. The zero-order chi connectivity index (χ0) is 15.6. The third kappa shape index (κ3) is 3.53. The lowest BCUT2D eigenvalue weighted by Crippen LogP contribution is -2.17. The number of aromatic nitrogens is 2. The van der Waals surface area contributed by atoms with E-state index in [4.69, 9.17) is 17.3 Å². The van der Waals surface area contributed by atoms with Crippen molar-refractivity contribution in [2.45, 2.75) is 19.9 Å². The minimum Gasteiger partial charge on any atom is -0.319 e. The van der Waals surface area contributed by atoms with E-state index in [0.29, 0.717) is 11.3 Å². The molecule has 1 atom stereocenters. The zero-order valence-corrected chi connectivity index (χ0v) is 12.4. The van der Waals surface area contributed by atoms with E-state index in [1.165, 1.54) is 18.5 Å². The number of nitro groups is 1. The third-order valence-electron chi connectivity index (χ3n) is 3.05. The predicted octanol–water partition coefficient (Wildman–Crippen LogP) is 2.81. The van der Waals surface area contributed by atoms with Crippen LogP contribution in [0, 0.1) is 15.5 Å². The first-order chi connectivity index (χ1) is 9.80. The lowest BCUT2D eigenvalue weighted by atomic mass is 9.89. The van der Waals surface area contributed by atoms with Gasteiger partial charge in [-0.05, 0) is 5.57 Å². The Kier molecular flexibility index (Phi) is 4.20. The molecule has 0 aliphatic heterocycles. The Bertz CT molecular complexity index is 665. The Labute approximate surface area is 127 Å². The molecule has 110 valence electrons. The van der Waals surface area contributed by atoms with E-state index in [1.807, 2.05) is 19.9 Å². The van der Waals surface area contributed by atoms with E-state index in [0.717, 1.165) is 0 Å². The van der Waals surface area contributed by atoms with Crippen LogP contribution in [0.2, 0.25) is 5.15 Å². The van der Waals surface area contributed by atoms with Crippen molar-refractivity contribution in [3.8, 4) is 0 Å².